The van der Waals surface area contributed by atoms with Gasteiger partial charge in [-0.15, -0.1) is 0 Å². The van der Waals surface area contributed by atoms with E-state index in [9.17, 15) is 13.6 Å². The van der Waals surface area contributed by atoms with E-state index in [1.54, 1.807) is 19.4 Å². The van der Waals surface area contributed by atoms with Gasteiger partial charge in [-0.05, 0) is 45.3 Å². The van der Waals surface area contributed by atoms with E-state index in [4.69, 9.17) is 20.2 Å². The summed E-state index contributed by atoms with van der Waals surface area (Å²) in [7, 11) is 5.67. The van der Waals surface area contributed by atoms with Crippen molar-refractivity contribution in [2.45, 2.75) is 19.9 Å². The first-order chi connectivity index (χ1) is 20.2. The van der Waals surface area contributed by atoms with Crippen LogP contribution in [-0.2, 0) is 11.3 Å². The predicted octanol–water partition coefficient (Wildman–Crippen LogP) is 3.28. The molecule has 0 spiro atoms. The number of aromatic nitrogens is 2. The molecule has 0 bridgehead atoms. The first kappa shape index (κ1) is 30.7. The zero-order valence-corrected chi connectivity index (χ0v) is 24.4. The van der Waals surface area contributed by atoms with Crippen LogP contribution in [0.3, 0.4) is 0 Å². The zero-order valence-electron chi connectivity index (χ0n) is 24.4. The number of halogens is 2. The molecule has 1 aliphatic rings. The molecule has 13 heteroatoms. The molecule has 0 fully saturated rings. The van der Waals surface area contributed by atoms with E-state index < -0.39 is 17.5 Å². The molecule has 226 valence electrons. The van der Waals surface area contributed by atoms with Crippen molar-refractivity contribution in [1.29, 1.82) is 0 Å². The van der Waals surface area contributed by atoms with Gasteiger partial charge in [0, 0.05) is 31.3 Å². The van der Waals surface area contributed by atoms with Crippen LogP contribution < -0.4 is 25.4 Å². The molecule has 0 aliphatic carbocycles. The minimum absolute atomic E-state index is 0.00506. The van der Waals surface area contributed by atoms with E-state index in [2.05, 4.69) is 41.2 Å². The molecule has 3 N–H and O–H groups in total. The fourth-order valence-electron chi connectivity index (χ4n) is 4.59. The van der Waals surface area contributed by atoms with Crippen molar-refractivity contribution >= 4 is 28.8 Å². The Hall–Kier alpha value is -4.23. The summed E-state index contributed by atoms with van der Waals surface area (Å²) in [6, 6.07) is 7.54. The first-order valence-corrected chi connectivity index (χ1v) is 13.8. The summed E-state index contributed by atoms with van der Waals surface area (Å²) >= 11 is 0. The van der Waals surface area contributed by atoms with Gasteiger partial charge in [0.15, 0.2) is 23.1 Å². The number of likely N-dealkylation sites (N-methyl/N-ethyl adjacent to an activating group) is 2. The number of aliphatic imine (C=N–C) groups is 1. The zero-order chi connectivity index (χ0) is 30.2. The van der Waals surface area contributed by atoms with E-state index >= 15 is 0 Å². The van der Waals surface area contributed by atoms with Crippen molar-refractivity contribution in [3.63, 3.8) is 0 Å². The number of rotatable bonds is 14. The molecule has 2 aromatic carbocycles. The second-order valence-electron chi connectivity index (χ2n) is 10.1. The smallest absolute Gasteiger partial charge is 0.239 e. The lowest BCUT2D eigenvalue weighted by Gasteiger charge is -2.33. The lowest BCUT2D eigenvalue weighted by atomic mass is 10.1. The van der Waals surface area contributed by atoms with Gasteiger partial charge in [-0.2, -0.15) is 5.10 Å². The quantitative estimate of drug-likeness (QED) is 0.278. The molecule has 0 saturated carbocycles. The molecule has 1 amide bonds. The minimum atomic E-state index is -1.00. The Bertz CT molecular complexity index is 1410. The Balaban J connectivity index is 1.62. The Morgan fingerprint density at radius 2 is 2.00 bits per heavy atom. The summed E-state index contributed by atoms with van der Waals surface area (Å²) in [5.41, 5.74) is 6.95. The van der Waals surface area contributed by atoms with E-state index in [1.165, 1.54) is 27.9 Å². The van der Waals surface area contributed by atoms with Crippen LogP contribution in [0, 0.1) is 11.6 Å². The highest BCUT2D eigenvalue weighted by atomic mass is 19.2. The normalized spacial score (nSPS) is 13.9. The number of amidine groups is 1. The van der Waals surface area contributed by atoms with Crippen LogP contribution in [0.5, 0.6) is 11.5 Å². The van der Waals surface area contributed by atoms with Gasteiger partial charge in [0.2, 0.25) is 5.91 Å². The Morgan fingerprint density at radius 3 is 2.71 bits per heavy atom. The molecule has 4 rings (SSSR count). The second-order valence-corrected chi connectivity index (χ2v) is 10.1. The summed E-state index contributed by atoms with van der Waals surface area (Å²) in [4.78, 5) is 22.1. The van der Waals surface area contributed by atoms with Crippen molar-refractivity contribution in [1.82, 2.24) is 19.6 Å². The van der Waals surface area contributed by atoms with Gasteiger partial charge < -0.3 is 35.2 Å². The van der Waals surface area contributed by atoms with Gasteiger partial charge in [-0.25, -0.2) is 13.8 Å². The minimum Gasteiger partial charge on any atom is -0.493 e. The number of carbonyl (C=O) groups is 1. The lowest BCUT2D eigenvalue weighted by Crippen LogP contribution is -2.41. The molecule has 42 heavy (non-hydrogen) atoms. The highest BCUT2D eigenvalue weighted by molar-refractivity contribution is 6.16. The van der Waals surface area contributed by atoms with Crippen LogP contribution in [-0.4, -0.2) is 92.0 Å². The molecule has 0 saturated heterocycles. The van der Waals surface area contributed by atoms with E-state index in [0.717, 1.165) is 38.7 Å². The Morgan fingerprint density at radius 1 is 1.19 bits per heavy atom. The number of carbonyl (C=O) groups excluding carboxylic acids is 1. The fourth-order valence-corrected chi connectivity index (χ4v) is 4.59. The summed E-state index contributed by atoms with van der Waals surface area (Å²) < 4.78 is 42.3. The number of hydrogen-bond donors (Lipinski definition) is 2. The van der Waals surface area contributed by atoms with Gasteiger partial charge in [0.1, 0.15) is 18.1 Å². The summed E-state index contributed by atoms with van der Waals surface area (Å²) in [6.45, 7) is 6.48. The average molecular weight is 585 g/mol. The number of nitrogens with zero attached hydrogens (tertiary/aromatic N) is 6. The largest absolute Gasteiger partial charge is 0.493 e. The van der Waals surface area contributed by atoms with Crippen LogP contribution in [0.25, 0.3) is 0 Å². The third-order valence-electron chi connectivity index (χ3n) is 6.81. The SMILES string of the molecule is CCN(CCCOc1cc2c(cc1OC)C(=Nc1cnn(CC(N)=O)c1)N(c1cccc(F)c1F)CN2)CCN(C)C. The van der Waals surface area contributed by atoms with Crippen LogP contribution in [0.1, 0.15) is 18.9 Å². The van der Waals surface area contributed by atoms with Gasteiger partial charge >= 0.3 is 0 Å². The highest BCUT2D eigenvalue weighted by Crippen LogP contribution is 2.38. The number of nitrogens with one attached hydrogen (secondary N) is 1. The predicted molar refractivity (Wildman–Crippen MR) is 159 cm³/mol. The topological polar surface area (TPSA) is 113 Å². The van der Waals surface area contributed by atoms with Gasteiger partial charge in [-0.1, -0.05) is 13.0 Å². The molecule has 0 atom stereocenters. The Labute approximate surface area is 244 Å². The second kappa shape index (κ2) is 14.1. The highest BCUT2D eigenvalue weighted by Gasteiger charge is 2.29. The molecule has 11 nitrogen and oxygen atoms in total. The monoisotopic (exact) mass is 584 g/mol. The molecule has 3 aromatic rings. The number of hydrogen-bond acceptors (Lipinski definition) is 8. The van der Waals surface area contributed by atoms with E-state index in [-0.39, 0.29) is 18.9 Å². The summed E-state index contributed by atoms with van der Waals surface area (Å²) in [5.74, 6) is -1.18. The summed E-state index contributed by atoms with van der Waals surface area (Å²) in [5, 5.41) is 7.39. The van der Waals surface area contributed by atoms with Crippen LogP contribution in [0.15, 0.2) is 47.7 Å². The van der Waals surface area contributed by atoms with E-state index in [1.807, 2.05) is 6.07 Å². The molecular weight excluding hydrogens is 546 g/mol. The standard InChI is InChI=1S/C29H38F2N8O3/c1-5-37(12-11-36(2)3)10-7-13-42-26-15-23-21(14-25(26)41-4)29(35-20-16-34-38(17-20)18-27(32)40)39(19-33-23)24-9-6-8-22(30)28(24)31/h6,8-9,14-17,33H,5,7,10-13,18-19H2,1-4H3,(H2,32,40). The van der Waals surface area contributed by atoms with Gasteiger partial charge in [0.05, 0.1) is 44.2 Å². The van der Waals surface area contributed by atoms with Crippen LogP contribution in [0.4, 0.5) is 25.8 Å². The average Bonchev–Trinajstić information content (AvgIpc) is 3.39. The number of ether oxygens (including phenoxy) is 2. The number of nitrogens with two attached hydrogens (primary N) is 1. The lowest BCUT2D eigenvalue weighted by molar-refractivity contribution is -0.118. The molecule has 0 radical (unpaired) electrons. The van der Waals surface area contributed by atoms with E-state index in [0.29, 0.717) is 40.9 Å². The number of fused-ring (bicyclic) bond motifs is 1. The van der Waals surface area contributed by atoms with Gasteiger partial charge in [0.25, 0.3) is 0 Å². The molecular formula is C29H38F2N8O3. The number of amides is 1. The Kier molecular flexibility index (Phi) is 10.3. The third-order valence-corrected chi connectivity index (χ3v) is 6.81. The van der Waals surface area contributed by atoms with Crippen LogP contribution >= 0.6 is 0 Å². The summed E-state index contributed by atoms with van der Waals surface area (Å²) in [6.07, 6.45) is 3.85. The number of methoxy groups -OCH3 is 1. The van der Waals surface area contributed by atoms with Crippen molar-refractivity contribution in [3.05, 3.63) is 59.9 Å². The van der Waals surface area contributed by atoms with Crippen molar-refractivity contribution in [2.24, 2.45) is 10.7 Å². The number of primary amides is 1. The fraction of sp³-hybridized carbons (Fsp3) is 0.414. The molecule has 0 unspecified atom stereocenters. The molecule has 1 aliphatic heterocycles. The van der Waals surface area contributed by atoms with Crippen molar-refractivity contribution < 1.29 is 23.0 Å². The number of benzene rings is 2. The maximum atomic E-state index is 15.0. The molecule has 1 aromatic heterocycles. The van der Waals surface area contributed by atoms with Crippen molar-refractivity contribution in [2.75, 3.05) is 70.9 Å². The number of anilines is 2. The molecule has 2 heterocycles. The maximum absolute atomic E-state index is 15.0. The van der Waals surface area contributed by atoms with Gasteiger partial charge in [-0.3, -0.25) is 9.48 Å². The third kappa shape index (κ3) is 7.53. The first-order valence-electron chi connectivity index (χ1n) is 13.8. The van der Waals surface area contributed by atoms with Crippen molar-refractivity contribution in [3.8, 4) is 11.5 Å². The van der Waals surface area contributed by atoms with Crippen LogP contribution in [0.2, 0.25) is 0 Å². The maximum Gasteiger partial charge on any atom is 0.239 e.